The van der Waals surface area contributed by atoms with Crippen molar-refractivity contribution in [2.45, 2.75) is 46.6 Å². The molecule has 29 heavy (non-hydrogen) atoms. The molecule has 0 unspecified atom stereocenters. The summed E-state index contributed by atoms with van der Waals surface area (Å²) in [4.78, 5) is 4.56. The Morgan fingerprint density at radius 2 is 1.97 bits per heavy atom. The molecule has 0 saturated carbocycles. The highest BCUT2D eigenvalue weighted by Gasteiger charge is 2.29. The highest BCUT2D eigenvalue weighted by molar-refractivity contribution is 5.59. The summed E-state index contributed by atoms with van der Waals surface area (Å²) in [7, 11) is 1.78. The summed E-state index contributed by atoms with van der Waals surface area (Å²) in [6.45, 7) is 9.82. The molecule has 1 aliphatic rings. The van der Waals surface area contributed by atoms with Crippen LogP contribution in [0.25, 0.3) is 22.9 Å². The number of hydrogen-bond acceptors (Lipinski definition) is 6. The van der Waals surface area contributed by atoms with E-state index in [4.69, 9.17) is 9.47 Å². The molecule has 10 heteroatoms. The summed E-state index contributed by atoms with van der Waals surface area (Å²) < 4.78 is 31.0. The van der Waals surface area contributed by atoms with Crippen molar-refractivity contribution in [1.82, 2.24) is 34.3 Å². The van der Waals surface area contributed by atoms with Crippen LogP contribution < -0.4 is 0 Å². The van der Waals surface area contributed by atoms with E-state index in [1.54, 1.807) is 29.5 Å². The maximum absolute atomic E-state index is 14.5. The van der Waals surface area contributed by atoms with E-state index in [1.807, 2.05) is 31.6 Å². The number of aromatic nitrogens is 7. The maximum atomic E-state index is 14.5. The number of nitrogens with zero attached hydrogens (tertiary/aromatic N) is 7. The van der Waals surface area contributed by atoms with Gasteiger partial charge in [0, 0.05) is 32.3 Å². The van der Waals surface area contributed by atoms with Gasteiger partial charge in [-0.05, 0) is 27.7 Å². The van der Waals surface area contributed by atoms with Gasteiger partial charge < -0.3 is 9.47 Å². The predicted octanol–water partition coefficient (Wildman–Crippen LogP) is 2.41. The van der Waals surface area contributed by atoms with Gasteiger partial charge >= 0.3 is 0 Å². The number of rotatable bonds is 5. The molecular weight excluding hydrogens is 377 g/mol. The minimum Gasteiger partial charge on any atom is -0.350 e. The first-order chi connectivity index (χ1) is 13.8. The third-order valence-electron chi connectivity index (χ3n) is 5.00. The second-order valence-corrected chi connectivity index (χ2v) is 7.79. The van der Waals surface area contributed by atoms with E-state index < -0.39 is 5.79 Å². The van der Waals surface area contributed by atoms with Crippen molar-refractivity contribution < 1.29 is 13.9 Å². The Bertz CT molecular complexity index is 1010. The number of ether oxygens (including phenoxy) is 2. The van der Waals surface area contributed by atoms with Crippen LogP contribution in [-0.2, 0) is 29.6 Å². The van der Waals surface area contributed by atoms with Crippen LogP contribution in [0.2, 0.25) is 0 Å². The highest BCUT2D eigenvalue weighted by atomic mass is 19.1. The molecule has 3 aromatic rings. The molecular formula is C19H26FN7O2. The lowest BCUT2D eigenvalue weighted by Crippen LogP contribution is -2.40. The van der Waals surface area contributed by atoms with Crippen LogP contribution in [0.4, 0.5) is 4.39 Å². The van der Waals surface area contributed by atoms with Gasteiger partial charge in [-0.3, -0.25) is 9.36 Å². The first-order valence-corrected chi connectivity index (χ1v) is 9.72. The van der Waals surface area contributed by atoms with Crippen LogP contribution in [-0.4, -0.2) is 53.3 Å². The zero-order valence-corrected chi connectivity index (χ0v) is 17.4. The van der Waals surface area contributed by atoms with Gasteiger partial charge in [0.2, 0.25) is 5.82 Å². The number of hydrogen-bond donors (Lipinski definition) is 0. The van der Waals surface area contributed by atoms with Crippen LogP contribution in [0.1, 0.15) is 26.5 Å². The standard InChI is InChI=1S/C19H26FN7O2/c1-6-27-16(15(20)12(2)23-27)17-22-18(25(5)24-17)14-7-21-26(9-14)8-13-10-28-19(3,4)29-11-13/h7,9,13H,6,8,10-11H2,1-5H3. The lowest BCUT2D eigenvalue weighted by atomic mass is 10.1. The summed E-state index contributed by atoms with van der Waals surface area (Å²) in [5.41, 5.74) is 1.45. The first kappa shape index (κ1) is 19.7. The van der Waals surface area contributed by atoms with Crippen molar-refractivity contribution in [3.05, 3.63) is 23.9 Å². The SMILES string of the molecule is CCn1nc(C)c(F)c1-c1nc(-c2cnn(CC3COC(C)(C)OC3)c2)n(C)n1. The Morgan fingerprint density at radius 1 is 1.24 bits per heavy atom. The van der Waals surface area contributed by atoms with E-state index in [9.17, 15) is 4.39 Å². The van der Waals surface area contributed by atoms with E-state index in [2.05, 4.69) is 20.3 Å². The van der Waals surface area contributed by atoms with E-state index in [0.717, 1.165) is 5.56 Å². The van der Waals surface area contributed by atoms with E-state index in [1.165, 1.54) is 0 Å². The average Bonchev–Trinajstić information content (AvgIpc) is 3.35. The molecule has 4 rings (SSSR count). The average molecular weight is 403 g/mol. The molecule has 156 valence electrons. The lowest BCUT2D eigenvalue weighted by molar-refractivity contribution is -0.263. The van der Waals surface area contributed by atoms with Crippen LogP contribution in [0.3, 0.4) is 0 Å². The molecule has 0 aliphatic carbocycles. The highest BCUT2D eigenvalue weighted by Crippen LogP contribution is 2.26. The van der Waals surface area contributed by atoms with Gasteiger partial charge in [-0.25, -0.2) is 14.1 Å². The molecule has 0 atom stereocenters. The molecule has 1 fully saturated rings. The minimum absolute atomic E-state index is 0.224. The Hall–Kier alpha value is -2.59. The molecule has 1 saturated heterocycles. The van der Waals surface area contributed by atoms with Crippen molar-refractivity contribution in [1.29, 1.82) is 0 Å². The fourth-order valence-corrected chi connectivity index (χ4v) is 3.41. The van der Waals surface area contributed by atoms with Crippen LogP contribution >= 0.6 is 0 Å². The Labute approximate surface area is 168 Å². The Kier molecular flexibility index (Phi) is 4.99. The molecule has 0 bridgehead atoms. The third-order valence-corrected chi connectivity index (χ3v) is 5.00. The monoisotopic (exact) mass is 403 g/mol. The van der Waals surface area contributed by atoms with Crippen molar-refractivity contribution in [3.8, 4) is 22.9 Å². The van der Waals surface area contributed by atoms with Crippen molar-refractivity contribution in [2.75, 3.05) is 13.2 Å². The normalized spacial score (nSPS) is 17.2. The van der Waals surface area contributed by atoms with Gasteiger partial charge in [-0.2, -0.15) is 10.2 Å². The van der Waals surface area contributed by atoms with Gasteiger partial charge in [0.1, 0.15) is 5.69 Å². The summed E-state index contributed by atoms with van der Waals surface area (Å²) in [5.74, 6) is 0.233. The van der Waals surface area contributed by atoms with Gasteiger partial charge in [0.05, 0.1) is 30.7 Å². The largest absolute Gasteiger partial charge is 0.350 e. The summed E-state index contributed by atoms with van der Waals surface area (Å²) in [6, 6.07) is 0. The fourth-order valence-electron chi connectivity index (χ4n) is 3.41. The molecule has 0 radical (unpaired) electrons. The minimum atomic E-state index is -0.528. The first-order valence-electron chi connectivity index (χ1n) is 9.72. The summed E-state index contributed by atoms with van der Waals surface area (Å²) in [5, 5.41) is 13.1. The molecule has 3 aromatic heterocycles. The Balaban J connectivity index is 1.55. The second kappa shape index (κ2) is 7.34. The van der Waals surface area contributed by atoms with E-state index in [0.29, 0.717) is 49.3 Å². The van der Waals surface area contributed by atoms with Gasteiger partial charge in [0.25, 0.3) is 0 Å². The predicted molar refractivity (Wildman–Crippen MR) is 103 cm³/mol. The summed E-state index contributed by atoms with van der Waals surface area (Å²) in [6.07, 6.45) is 3.65. The lowest BCUT2D eigenvalue weighted by Gasteiger charge is -2.34. The number of aryl methyl sites for hydroxylation is 3. The van der Waals surface area contributed by atoms with Crippen molar-refractivity contribution >= 4 is 0 Å². The quantitative estimate of drug-likeness (QED) is 0.650. The van der Waals surface area contributed by atoms with Gasteiger partial charge in [0.15, 0.2) is 17.4 Å². The second-order valence-electron chi connectivity index (χ2n) is 7.79. The van der Waals surface area contributed by atoms with Crippen molar-refractivity contribution in [2.24, 2.45) is 13.0 Å². The molecule has 0 N–H and O–H groups in total. The van der Waals surface area contributed by atoms with Crippen molar-refractivity contribution in [3.63, 3.8) is 0 Å². The zero-order chi connectivity index (χ0) is 20.8. The maximum Gasteiger partial charge on any atom is 0.203 e. The summed E-state index contributed by atoms with van der Waals surface area (Å²) >= 11 is 0. The third kappa shape index (κ3) is 3.82. The molecule has 0 aromatic carbocycles. The van der Waals surface area contributed by atoms with E-state index >= 15 is 0 Å². The molecule has 0 spiro atoms. The van der Waals surface area contributed by atoms with Gasteiger partial charge in [-0.15, -0.1) is 5.10 Å². The smallest absolute Gasteiger partial charge is 0.203 e. The Morgan fingerprint density at radius 3 is 2.66 bits per heavy atom. The molecule has 9 nitrogen and oxygen atoms in total. The van der Waals surface area contributed by atoms with Gasteiger partial charge in [-0.1, -0.05) is 0 Å². The topological polar surface area (TPSA) is 84.8 Å². The van der Waals surface area contributed by atoms with Crippen LogP contribution in [0, 0.1) is 18.7 Å². The number of halogens is 1. The fraction of sp³-hybridized carbons (Fsp3) is 0.579. The molecule has 4 heterocycles. The van der Waals surface area contributed by atoms with E-state index in [-0.39, 0.29) is 11.7 Å². The zero-order valence-electron chi connectivity index (χ0n) is 17.4. The molecule has 1 aliphatic heterocycles. The van der Waals surface area contributed by atoms with Crippen LogP contribution in [0.5, 0.6) is 0 Å². The van der Waals surface area contributed by atoms with Crippen LogP contribution in [0.15, 0.2) is 12.4 Å². The molecule has 0 amide bonds.